The topological polar surface area (TPSA) is 93.9 Å². The predicted molar refractivity (Wildman–Crippen MR) is 63.4 cm³/mol. The van der Waals surface area contributed by atoms with Crippen LogP contribution in [0.4, 0.5) is 0 Å². The molecule has 0 aliphatic heterocycles. The molecule has 1 heterocycles. The number of H-pyrrole nitrogens is 1. The average Bonchev–Trinajstić information content (AvgIpc) is 3.05. The van der Waals surface area contributed by atoms with E-state index in [0.717, 1.165) is 12.8 Å². The molecule has 7 heteroatoms. The van der Waals surface area contributed by atoms with Crippen molar-refractivity contribution in [3.05, 3.63) is 6.33 Å². The van der Waals surface area contributed by atoms with E-state index in [4.69, 9.17) is 10.5 Å². The maximum Gasteiger partial charge on any atom is 0.327 e. The van der Waals surface area contributed by atoms with Gasteiger partial charge in [0.2, 0.25) is 0 Å². The average molecular weight is 256 g/mol. The van der Waals surface area contributed by atoms with Gasteiger partial charge in [0.05, 0.1) is 6.61 Å². The van der Waals surface area contributed by atoms with Crippen LogP contribution in [0.2, 0.25) is 0 Å². The highest BCUT2D eigenvalue weighted by Crippen LogP contribution is 2.41. The van der Waals surface area contributed by atoms with E-state index in [0.29, 0.717) is 17.5 Å². The molecule has 1 aromatic rings. The summed E-state index contributed by atoms with van der Waals surface area (Å²) in [5, 5.41) is 7.16. The highest BCUT2D eigenvalue weighted by Gasteiger charge is 2.49. The number of hydrogen-bond acceptors (Lipinski definition) is 6. The number of carbonyl (C=O) groups is 1. The normalized spacial score (nSPS) is 18.7. The molecule has 94 valence electrons. The SMILES string of the molecule is CCOC(=O)C(N)(CSc1ncn[nH]1)C1CC1. The Hall–Kier alpha value is -1.08. The molecule has 1 aromatic heterocycles. The molecule has 17 heavy (non-hydrogen) atoms. The first-order valence-electron chi connectivity index (χ1n) is 5.61. The molecular weight excluding hydrogens is 240 g/mol. The zero-order valence-corrected chi connectivity index (χ0v) is 10.5. The van der Waals surface area contributed by atoms with Gasteiger partial charge in [-0.15, -0.1) is 0 Å². The van der Waals surface area contributed by atoms with Crippen molar-refractivity contribution in [2.45, 2.75) is 30.5 Å². The fraction of sp³-hybridized carbons (Fsp3) is 0.700. The zero-order valence-electron chi connectivity index (χ0n) is 9.68. The van der Waals surface area contributed by atoms with Crippen LogP contribution in [-0.4, -0.2) is 39.0 Å². The maximum atomic E-state index is 11.9. The fourth-order valence-electron chi connectivity index (χ4n) is 1.66. The molecule has 1 atom stereocenters. The number of aromatic nitrogens is 3. The Kier molecular flexibility index (Phi) is 3.68. The Morgan fingerprint density at radius 2 is 2.53 bits per heavy atom. The maximum absolute atomic E-state index is 11.9. The van der Waals surface area contributed by atoms with Crippen molar-refractivity contribution in [1.29, 1.82) is 0 Å². The summed E-state index contributed by atoms with van der Waals surface area (Å²) in [5.41, 5.74) is 5.30. The highest BCUT2D eigenvalue weighted by molar-refractivity contribution is 7.99. The number of aromatic amines is 1. The first-order chi connectivity index (χ1) is 8.16. The van der Waals surface area contributed by atoms with E-state index in [2.05, 4.69) is 15.2 Å². The van der Waals surface area contributed by atoms with Crippen LogP contribution in [0.25, 0.3) is 0 Å². The summed E-state index contributed by atoms with van der Waals surface area (Å²) in [4.78, 5) is 15.9. The summed E-state index contributed by atoms with van der Waals surface area (Å²) in [6.07, 6.45) is 3.42. The van der Waals surface area contributed by atoms with Crippen LogP contribution in [-0.2, 0) is 9.53 Å². The Bertz CT molecular complexity index is 380. The third-order valence-corrected chi connectivity index (χ3v) is 3.89. The molecule has 0 radical (unpaired) electrons. The molecule has 1 fully saturated rings. The molecule has 1 unspecified atom stereocenters. The van der Waals surface area contributed by atoms with E-state index in [1.807, 2.05) is 0 Å². The molecule has 1 saturated carbocycles. The Morgan fingerprint density at radius 1 is 1.76 bits per heavy atom. The van der Waals surface area contributed by atoms with Crippen LogP contribution in [0.5, 0.6) is 0 Å². The molecule has 0 aromatic carbocycles. The smallest absolute Gasteiger partial charge is 0.327 e. The summed E-state index contributed by atoms with van der Waals surface area (Å²) >= 11 is 1.40. The lowest BCUT2D eigenvalue weighted by Gasteiger charge is -2.26. The van der Waals surface area contributed by atoms with Gasteiger partial charge in [-0.25, -0.2) is 4.98 Å². The second-order valence-electron chi connectivity index (χ2n) is 4.11. The van der Waals surface area contributed by atoms with E-state index >= 15 is 0 Å². The molecular formula is C10H16N4O2S. The summed E-state index contributed by atoms with van der Waals surface area (Å²) in [6, 6.07) is 0. The first-order valence-corrected chi connectivity index (χ1v) is 6.59. The number of thioether (sulfide) groups is 1. The summed E-state index contributed by atoms with van der Waals surface area (Å²) in [7, 11) is 0. The van der Waals surface area contributed by atoms with Gasteiger partial charge < -0.3 is 10.5 Å². The van der Waals surface area contributed by atoms with Crippen molar-refractivity contribution in [2.75, 3.05) is 12.4 Å². The van der Waals surface area contributed by atoms with Gasteiger partial charge in [0, 0.05) is 5.75 Å². The van der Waals surface area contributed by atoms with E-state index in [-0.39, 0.29) is 11.9 Å². The van der Waals surface area contributed by atoms with Crippen LogP contribution >= 0.6 is 11.8 Å². The van der Waals surface area contributed by atoms with E-state index in [1.54, 1.807) is 6.92 Å². The van der Waals surface area contributed by atoms with Crippen molar-refractivity contribution in [1.82, 2.24) is 15.2 Å². The quantitative estimate of drug-likeness (QED) is 0.571. The molecule has 0 spiro atoms. The van der Waals surface area contributed by atoms with Gasteiger partial charge in [0.15, 0.2) is 5.16 Å². The van der Waals surface area contributed by atoms with Crippen LogP contribution in [0, 0.1) is 5.92 Å². The lowest BCUT2D eigenvalue weighted by molar-refractivity contribution is -0.149. The largest absolute Gasteiger partial charge is 0.465 e. The number of nitrogens with zero attached hydrogens (tertiary/aromatic N) is 2. The van der Waals surface area contributed by atoms with Crippen molar-refractivity contribution in [3.63, 3.8) is 0 Å². The first kappa shape index (κ1) is 12.4. The third kappa shape index (κ3) is 2.78. The standard InChI is InChI=1S/C10H16N4O2S/c1-2-16-8(15)10(11,7-3-4-7)5-17-9-12-6-13-14-9/h6-7H,2-5,11H2,1H3,(H,12,13,14). The van der Waals surface area contributed by atoms with Gasteiger partial charge in [-0.1, -0.05) is 11.8 Å². The number of nitrogens with one attached hydrogen (secondary N) is 1. The van der Waals surface area contributed by atoms with Crippen molar-refractivity contribution in [3.8, 4) is 0 Å². The summed E-state index contributed by atoms with van der Waals surface area (Å²) in [6.45, 7) is 2.15. The third-order valence-electron chi connectivity index (χ3n) is 2.80. The van der Waals surface area contributed by atoms with Gasteiger partial charge in [-0.05, 0) is 25.7 Å². The minimum Gasteiger partial charge on any atom is -0.465 e. The Balaban J connectivity index is 1.98. The lowest BCUT2D eigenvalue weighted by atomic mass is 9.97. The zero-order chi connectivity index (χ0) is 12.3. The molecule has 0 amide bonds. The second-order valence-corrected chi connectivity index (χ2v) is 5.08. The number of ether oxygens (including phenoxy) is 1. The number of rotatable bonds is 6. The second kappa shape index (κ2) is 5.05. The number of nitrogens with two attached hydrogens (primary N) is 1. The minimum atomic E-state index is -0.895. The Morgan fingerprint density at radius 3 is 3.06 bits per heavy atom. The number of hydrogen-bond donors (Lipinski definition) is 2. The predicted octanol–water partition coefficient (Wildman–Crippen LogP) is 0.567. The van der Waals surface area contributed by atoms with Gasteiger partial charge in [0.1, 0.15) is 11.9 Å². The van der Waals surface area contributed by atoms with E-state index in [9.17, 15) is 4.79 Å². The van der Waals surface area contributed by atoms with Gasteiger partial charge in [0.25, 0.3) is 0 Å². The van der Waals surface area contributed by atoms with Gasteiger partial charge in [-0.3, -0.25) is 9.89 Å². The monoisotopic (exact) mass is 256 g/mol. The van der Waals surface area contributed by atoms with E-state index < -0.39 is 5.54 Å². The molecule has 3 N–H and O–H groups in total. The van der Waals surface area contributed by atoms with Crippen LogP contribution in [0.3, 0.4) is 0 Å². The number of carbonyl (C=O) groups excluding carboxylic acids is 1. The molecule has 0 saturated heterocycles. The Labute approximate surface area is 104 Å². The summed E-state index contributed by atoms with van der Waals surface area (Å²) in [5.74, 6) is 0.387. The van der Waals surface area contributed by atoms with Gasteiger partial charge in [-0.2, -0.15) is 5.10 Å². The van der Waals surface area contributed by atoms with Crippen molar-refractivity contribution in [2.24, 2.45) is 11.7 Å². The summed E-state index contributed by atoms with van der Waals surface area (Å²) < 4.78 is 5.05. The molecule has 2 rings (SSSR count). The molecule has 1 aliphatic carbocycles. The van der Waals surface area contributed by atoms with Crippen LogP contribution in [0.15, 0.2) is 11.5 Å². The molecule has 1 aliphatic rings. The van der Waals surface area contributed by atoms with Gasteiger partial charge >= 0.3 is 5.97 Å². The van der Waals surface area contributed by atoms with Crippen molar-refractivity contribution >= 4 is 17.7 Å². The highest BCUT2D eigenvalue weighted by atomic mass is 32.2. The van der Waals surface area contributed by atoms with Crippen LogP contribution < -0.4 is 5.73 Å². The fourth-order valence-corrected chi connectivity index (χ4v) is 2.63. The van der Waals surface area contributed by atoms with Crippen molar-refractivity contribution < 1.29 is 9.53 Å². The number of esters is 1. The minimum absolute atomic E-state index is 0.233. The molecule has 6 nitrogen and oxygen atoms in total. The molecule has 0 bridgehead atoms. The lowest BCUT2D eigenvalue weighted by Crippen LogP contribution is -2.53. The van der Waals surface area contributed by atoms with Crippen LogP contribution in [0.1, 0.15) is 19.8 Å². The van der Waals surface area contributed by atoms with E-state index in [1.165, 1.54) is 18.1 Å².